The third-order valence-corrected chi connectivity index (χ3v) is 3.92. The molecular formula is C12H10N2O2S. The van der Waals surface area contributed by atoms with Crippen molar-refractivity contribution in [3.8, 4) is 0 Å². The van der Waals surface area contributed by atoms with Crippen molar-refractivity contribution in [2.45, 2.75) is 5.25 Å². The maximum absolute atomic E-state index is 11.7. The summed E-state index contributed by atoms with van der Waals surface area (Å²) in [5.74, 6) is -0.226. The summed E-state index contributed by atoms with van der Waals surface area (Å²) >= 11 is 1.04. The van der Waals surface area contributed by atoms with Crippen molar-refractivity contribution >= 4 is 33.8 Å². The summed E-state index contributed by atoms with van der Waals surface area (Å²) in [6, 6.07) is 7.86. The minimum Gasteiger partial charge on any atom is -0.350 e. The average Bonchev–Trinajstić information content (AvgIpc) is 2.80. The summed E-state index contributed by atoms with van der Waals surface area (Å²) in [5.41, 5.74) is 1.96. The van der Waals surface area contributed by atoms with Crippen molar-refractivity contribution in [1.29, 1.82) is 0 Å². The molecule has 2 heterocycles. The molecule has 3 rings (SSSR count). The van der Waals surface area contributed by atoms with Gasteiger partial charge in [-0.1, -0.05) is 18.2 Å². The smallest absolute Gasteiger partial charge is 0.286 e. The van der Waals surface area contributed by atoms with Gasteiger partial charge in [-0.2, -0.15) is 0 Å². The van der Waals surface area contributed by atoms with Crippen LogP contribution in [-0.2, 0) is 11.8 Å². The summed E-state index contributed by atoms with van der Waals surface area (Å²) in [4.78, 5) is 22.9. The topological polar surface area (TPSA) is 51.1 Å². The van der Waals surface area contributed by atoms with E-state index < -0.39 is 5.25 Å². The molecule has 86 valence electrons. The summed E-state index contributed by atoms with van der Waals surface area (Å²) in [6.07, 6.45) is 1.92. The first-order valence-electron chi connectivity index (χ1n) is 5.22. The van der Waals surface area contributed by atoms with Gasteiger partial charge in [0.25, 0.3) is 5.24 Å². The van der Waals surface area contributed by atoms with Gasteiger partial charge >= 0.3 is 0 Å². The Balaban J connectivity index is 2.18. The van der Waals surface area contributed by atoms with Crippen LogP contribution >= 0.6 is 11.8 Å². The molecular weight excluding hydrogens is 236 g/mol. The Morgan fingerprint density at radius 3 is 2.76 bits per heavy atom. The Morgan fingerprint density at radius 2 is 2.06 bits per heavy atom. The van der Waals surface area contributed by atoms with Crippen molar-refractivity contribution < 1.29 is 9.59 Å². The second-order valence-corrected chi connectivity index (χ2v) is 5.06. The normalized spacial score (nSPS) is 19.9. The van der Waals surface area contributed by atoms with Crippen LogP contribution in [0.1, 0.15) is 10.8 Å². The maximum atomic E-state index is 11.7. The summed E-state index contributed by atoms with van der Waals surface area (Å²) < 4.78 is 1.97. The fourth-order valence-corrected chi connectivity index (χ4v) is 3.00. The van der Waals surface area contributed by atoms with Crippen LogP contribution < -0.4 is 5.32 Å². The van der Waals surface area contributed by atoms with E-state index >= 15 is 0 Å². The molecule has 0 aliphatic carbocycles. The second kappa shape index (κ2) is 3.63. The number of amides is 2. The van der Waals surface area contributed by atoms with Crippen molar-refractivity contribution in [1.82, 2.24) is 9.88 Å². The van der Waals surface area contributed by atoms with Crippen LogP contribution in [0, 0.1) is 0 Å². The molecule has 1 fully saturated rings. The fraction of sp³-hybridized carbons (Fsp3) is 0.167. The number of para-hydroxylation sites is 1. The third kappa shape index (κ3) is 1.54. The first kappa shape index (κ1) is 10.4. The lowest BCUT2D eigenvalue weighted by atomic mass is 10.1. The standard InChI is InChI=1S/C12H10N2O2S/c1-14-6-8(7-4-2-3-5-9(7)14)10-11(15)13-12(16)17-10/h2-6,10H,1H3,(H,13,15,16). The van der Waals surface area contributed by atoms with Crippen molar-refractivity contribution in [3.05, 3.63) is 36.0 Å². The number of carbonyl (C=O) groups excluding carboxylic acids is 2. The summed E-state index contributed by atoms with van der Waals surface area (Å²) in [5, 5.41) is 2.65. The first-order chi connectivity index (χ1) is 8.16. The van der Waals surface area contributed by atoms with E-state index in [1.807, 2.05) is 42.1 Å². The zero-order valence-electron chi connectivity index (χ0n) is 9.14. The lowest BCUT2D eigenvalue weighted by Crippen LogP contribution is -2.20. The lowest BCUT2D eigenvalue weighted by molar-refractivity contribution is -0.119. The fourth-order valence-electron chi connectivity index (χ4n) is 2.14. The number of benzene rings is 1. The minimum atomic E-state index is -0.423. The van der Waals surface area contributed by atoms with Gasteiger partial charge in [0.2, 0.25) is 5.91 Å². The largest absolute Gasteiger partial charge is 0.350 e. The predicted octanol–water partition coefficient (Wildman–Crippen LogP) is 2.20. The molecule has 1 unspecified atom stereocenters. The Morgan fingerprint density at radius 1 is 1.29 bits per heavy atom. The molecule has 2 amide bonds. The van der Waals surface area contributed by atoms with E-state index in [-0.39, 0.29) is 11.1 Å². The average molecular weight is 246 g/mol. The number of aryl methyl sites for hydroxylation is 1. The van der Waals surface area contributed by atoms with Crippen molar-refractivity contribution in [2.75, 3.05) is 0 Å². The van der Waals surface area contributed by atoms with Gasteiger partial charge in [-0.25, -0.2) is 0 Å². The molecule has 0 bridgehead atoms. The number of aromatic nitrogens is 1. The van der Waals surface area contributed by atoms with Gasteiger partial charge in [0.15, 0.2) is 0 Å². The van der Waals surface area contributed by atoms with Crippen LogP contribution in [0.4, 0.5) is 4.79 Å². The Kier molecular flexibility index (Phi) is 2.22. The number of rotatable bonds is 1. The molecule has 0 radical (unpaired) electrons. The number of carbonyl (C=O) groups is 2. The summed E-state index contributed by atoms with van der Waals surface area (Å²) in [6.45, 7) is 0. The summed E-state index contributed by atoms with van der Waals surface area (Å²) in [7, 11) is 1.94. The second-order valence-electron chi connectivity index (χ2n) is 3.99. The first-order valence-corrected chi connectivity index (χ1v) is 6.10. The molecule has 1 aromatic carbocycles. The zero-order chi connectivity index (χ0) is 12.0. The third-order valence-electron chi connectivity index (χ3n) is 2.90. The van der Waals surface area contributed by atoms with E-state index in [1.165, 1.54) is 0 Å². The molecule has 1 saturated heterocycles. The van der Waals surface area contributed by atoms with E-state index in [1.54, 1.807) is 0 Å². The van der Waals surface area contributed by atoms with Crippen LogP contribution in [0.2, 0.25) is 0 Å². The molecule has 1 aromatic heterocycles. The van der Waals surface area contributed by atoms with E-state index in [0.717, 1.165) is 28.2 Å². The molecule has 17 heavy (non-hydrogen) atoms. The quantitative estimate of drug-likeness (QED) is 0.839. The van der Waals surface area contributed by atoms with Gasteiger partial charge in [0, 0.05) is 29.7 Å². The number of nitrogens with zero attached hydrogens (tertiary/aromatic N) is 1. The molecule has 4 nitrogen and oxygen atoms in total. The highest BCUT2D eigenvalue weighted by Crippen LogP contribution is 2.38. The Hall–Kier alpha value is -1.75. The van der Waals surface area contributed by atoms with E-state index in [2.05, 4.69) is 5.32 Å². The number of imide groups is 1. The highest BCUT2D eigenvalue weighted by Gasteiger charge is 2.34. The molecule has 1 aliphatic rings. The van der Waals surface area contributed by atoms with Crippen LogP contribution in [0.5, 0.6) is 0 Å². The minimum absolute atomic E-state index is 0.226. The van der Waals surface area contributed by atoms with Crippen LogP contribution in [-0.4, -0.2) is 15.7 Å². The number of hydrogen-bond donors (Lipinski definition) is 1. The number of thioether (sulfide) groups is 1. The van der Waals surface area contributed by atoms with E-state index in [9.17, 15) is 9.59 Å². The molecule has 1 N–H and O–H groups in total. The van der Waals surface area contributed by atoms with Gasteiger partial charge in [0.1, 0.15) is 5.25 Å². The SMILES string of the molecule is Cn1cc(C2SC(=O)NC2=O)c2ccccc21. The van der Waals surface area contributed by atoms with Crippen molar-refractivity contribution in [3.63, 3.8) is 0 Å². The molecule has 0 saturated carbocycles. The highest BCUT2D eigenvalue weighted by molar-refractivity contribution is 8.15. The van der Waals surface area contributed by atoms with E-state index in [0.29, 0.717) is 0 Å². The lowest BCUT2D eigenvalue weighted by Gasteiger charge is -2.02. The molecule has 5 heteroatoms. The van der Waals surface area contributed by atoms with Gasteiger partial charge in [-0.3, -0.25) is 14.9 Å². The monoisotopic (exact) mass is 246 g/mol. The van der Waals surface area contributed by atoms with Crippen LogP contribution in [0.25, 0.3) is 10.9 Å². The predicted molar refractivity (Wildman–Crippen MR) is 66.8 cm³/mol. The van der Waals surface area contributed by atoms with Gasteiger partial charge in [0.05, 0.1) is 0 Å². The van der Waals surface area contributed by atoms with Crippen LogP contribution in [0.3, 0.4) is 0 Å². The van der Waals surface area contributed by atoms with Gasteiger partial charge < -0.3 is 4.57 Å². The van der Waals surface area contributed by atoms with Gasteiger partial charge in [-0.15, -0.1) is 0 Å². The highest BCUT2D eigenvalue weighted by atomic mass is 32.2. The molecule has 1 atom stereocenters. The van der Waals surface area contributed by atoms with Gasteiger partial charge in [-0.05, 0) is 17.8 Å². The molecule has 1 aliphatic heterocycles. The van der Waals surface area contributed by atoms with E-state index in [4.69, 9.17) is 0 Å². The number of fused-ring (bicyclic) bond motifs is 1. The number of nitrogens with one attached hydrogen (secondary N) is 1. The van der Waals surface area contributed by atoms with Crippen LogP contribution in [0.15, 0.2) is 30.5 Å². The van der Waals surface area contributed by atoms with Crippen molar-refractivity contribution in [2.24, 2.45) is 7.05 Å². The number of hydrogen-bond acceptors (Lipinski definition) is 3. The zero-order valence-corrected chi connectivity index (χ0v) is 9.95. The Bertz CT molecular complexity index is 632. The molecule has 2 aromatic rings. The maximum Gasteiger partial charge on any atom is 0.286 e. The molecule has 0 spiro atoms. The Labute approximate surface area is 102 Å².